The van der Waals surface area contributed by atoms with Crippen LogP contribution in [0.15, 0.2) is 0 Å². The van der Waals surface area contributed by atoms with Gasteiger partial charge in [0.2, 0.25) is 11.2 Å². The number of rotatable bonds is 5. The van der Waals surface area contributed by atoms with Gasteiger partial charge < -0.3 is 9.47 Å². The van der Waals surface area contributed by atoms with Crippen molar-refractivity contribution in [3.8, 4) is 0 Å². The van der Waals surface area contributed by atoms with Gasteiger partial charge in [-0.2, -0.15) is 0 Å². The van der Waals surface area contributed by atoms with Crippen LogP contribution in [0, 0.1) is 0 Å². The quantitative estimate of drug-likeness (QED) is 0.429. The van der Waals surface area contributed by atoms with Crippen molar-refractivity contribution in [1.29, 1.82) is 0 Å². The summed E-state index contributed by atoms with van der Waals surface area (Å²) >= 11 is 6.04. The van der Waals surface area contributed by atoms with E-state index in [9.17, 15) is 14.4 Å². The maximum Gasteiger partial charge on any atom is 0.331 e. The van der Waals surface area contributed by atoms with E-state index in [0.29, 0.717) is 12.8 Å². The summed E-state index contributed by atoms with van der Waals surface area (Å²) < 4.78 is 9.93. The van der Waals surface area contributed by atoms with E-state index >= 15 is 0 Å². The average Bonchev–Trinajstić information content (AvgIpc) is 2.75. The molecule has 1 fully saturated rings. The van der Waals surface area contributed by atoms with E-state index < -0.39 is 17.2 Å². The SMILES string of the molecule is CCOC(=O)C(SC(=S)N1C(=O)CCC1C)C(=O)OCC. The molecule has 6 nitrogen and oxygen atoms in total. The molecule has 1 saturated heterocycles. The first kappa shape index (κ1) is 17.9. The first-order valence-electron chi connectivity index (χ1n) is 6.78. The van der Waals surface area contributed by atoms with Crippen molar-refractivity contribution in [2.75, 3.05) is 13.2 Å². The van der Waals surface area contributed by atoms with Crippen molar-refractivity contribution < 1.29 is 23.9 Å². The smallest absolute Gasteiger partial charge is 0.331 e. The third-order valence-electron chi connectivity index (χ3n) is 2.90. The van der Waals surface area contributed by atoms with Gasteiger partial charge in [0.25, 0.3) is 0 Å². The zero-order chi connectivity index (χ0) is 16.0. The van der Waals surface area contributed by atoms with Crippen LogP contribution in [0.1, 0.15) is 33.6 Å². The third kappa shape index (κ3) is 4.67. The summed E-state index contributed by atoms with van der Waals surface area (Å²) in [6.07, 6.45) is 1.13. The van der Waals surface area contributed by atoms with E-state index in [-0.39, 0.29) is 29.5 Å². The highest BCUT2D eigenvalue weighted by molar-refractivity contribution is 8.24. The topological polar surface area (TPSA) is 72.9 Å². The molecule has 1 rings (SSSR count). The fourth-order valence-corrected chi connectivity index (χ4v) is 3.39. The lowest BCUT2D eigenvalue weighted by molar-refractivity contribution is -0.152. The Labute approximate surface area is 133 Å². The Morgan fingerprint density at radius 3 is 2.24 bits per heavy atom. The summed E-state index contributed by atoms with van der Waals surface area (Å²) in [6.45, 7) is 5.48. The van der Waals surface area contributed by atoms with Gasteiger partial charge in [-0.3, -0.25) is 19.3 Å². The Kier molecular flexibility index (Phi) is 7.10. The summed E-state index contributed by atoms with van der Waals surface area (Å²) in [7, 11) is 0. The first-order chi connectivity index (χ1) is 9.92. The maximum absolute atomic E-state index is 11.9. The van der Waals surface area contributed by atoms with Gasteiger partial charge in [-0.15, -0.1) is 0 Å². The minimum atomic E-state index is -1.20. The standard InChI is InChI=1S/C13H19NO5S2/c1-4-18-11(16)10(12(17)19-5-2)21-13(20)14-8(3)6-7-9(14)15/h8,10H,4-7H2,1-3H3. The van der Waals surface area contributed by atoms with Crippen molar-refractivity contribution in [2.24, 2.45) is 0 Å². The number of hydrogen-bond donors (Lipinski definition) is 0. The molecule has 1 amide bonds. The molecule has 0 radical (unpaired) electrons. The molecule has 0 aromatic rings. The number of ether oxygens (including phenoxy) is 2. The summed E-state index contributed by atoms with van der Waals surface area (Å²) in [5.41, 5.74) is 0. The van der Waals surface area contributed by atoms with Crippen LogP contribution in [-0.4, -0.2) is 51.6 Å². The molecule has 0 aliphatic carbocycles. The van der Waals surface area contributed by atoms with Gasteiger partial charge in [-0.1, -0.05) is 24.0 Å². The van der Waals surface area contributed by atoms with Gasteiger partial charge in [0.05, 0.1) is 13.2 Å². The van der Waals surface area contributed by atoms with E-state index in [0.717, 1.165) is 11.8 Å². The van der Waals surface area contributed by atoms with Gasteiger partial charge in [0.1, 0.15) is 4.32 Å². The van der Waals surface area contributed by atoms with Gasteiger partial charge in [0, 0.05) is 12.5 Å². The lowest BCUT2D eigenvalue weighted by Crippen LogP contribution is -2.39. The lowest BCUT2D eigenvalue weighted by atomic mass is 10.2. The van der Waals surface area contributed by atoms with Crippen molar-refractivity contribution >= 4 is 46.1 Å². The van der Waals surface area contributed by atoms with E-state index in [1.54, 1.807) is 13.8 Å². The summed E-state index contributed by atoms with van der Waals surface area (Å²) in [5.74, 6) is -1.50. The second-order valence-electron chi connectivity index (χ2n) is 4.42. The second kappa shape index (κ2) is 8.33. The minimum absolute atomic E-state index is 0.0254. The number of carbonyl (C=O) groups excluding carboxylic acids is 3. The van der Waals surface area contributed by atoms with Crippen LogP contribution >= 0.6 is 24.0 Å². The predicted octanol–water partition coefficient (Wildman–Crippen LogP) is 1.51. The second-order valence-corrected chi connectivity index (χ2v) is 6.16. The van der Waals surface area contributed by atoms with E-state index in [1.165, 1.54) is 4.90 Å². The van der Waals surface area contributed by atoms with Crippen LogP contribution in [0.3, 0.4) is 0 Å². The highest BCUT2D eigenvalue weighted by Gasteiger charge is 2.37. The number of likely N-dealkylation sites (tertiary alicyclic amines) is 1. The molecule has 8 heteroatoms. The molecule has 1 atom stereocenters. The lowest BCUT2D eigenvalue weighted by Gasteiger charge is -2.23. The molecule has 1 aliphatic rings. The Morgan fingerprint density at radius 1 is 1.33 bits per heavy atom. The van der Waals surface area contributed by atoms with Gasteiger partial charge in [-0.05, 0) is 27.2 Å². The fraction of sp³-hybridized carbons (Fsp3) is 0.692. The zero-order valence-corrected chi connectivity index (χ0v) is 13.9. The molecule has 0 bridgehead atoms. The number of nitrogens with zero attached hydrogens (tertiary/aromatic N) is 1. The molecule has 0 spiro atoms. The Balaban J connectivity index is 2.80. The van der Waals surface area contributed by atoms with Crippen molar-refractivity contribution in [3.63, 3.8) is 0 Å². The number of thioether (sulfide) groups is 1. The number of esters is 2. The maximum atomic E-state index is 11.9. The number of carbonyl (C=O) groups is 3. The molecule has 0 aromatic heterocycles. The fourth-order valence-electron chi connectivity index (χ4n) is 1.90. The first-order valence-corrected chi connectivity index (χ1v) is 8.07. The molecule has 21 heavy (non-hydrogen) atoms. The van der Waals surface area contributed by atoms with Gasteiger partial charge in [0.15, 0.2) is 0 Å². The number of thiocarbonyl (C=S) groups is 1. The van der Waals surface area contributed by atoms with Gasteiger partial charge >= 0.3 is 11.9 Å². The third-order valence-corrected chi connectivity index (χ3v) is 4.41. The largest absolute Gasteiger partial charge is 0.465 e. The summed E-state index contributed by atoms with van der Waals surface area (Å²) in [5, 5.41) is -1.20. The zero-order valence-electron chi connectivity index (χ0n) is 12.3. The molecule has 0 aromatic carbocycles. The highest BCUT2D eigenvalue weighted by atomic mass is 32.2. The Morgan fingerprint density at radius 2 is 1.86 bits per heavy atom. The van der Waals surface area contributed by atoms with Crippen LogP contribution in [0.4, 0.5) is 0 Å². The molecule has 1 aliphatic heterocycles. The number of amides is 1. The van der Waals surface area contributed by atoms with E-state index in [1.807, 2.05) is 6.92 Å². The molecule has 0 N–H and O–H groups in total. The number of hydrogen-bond acceptors (Lipinski definition) is 7. The Hall–Kier alpha value is -1.15. The normalized spacial score (nSPS) is 18.0. The molecule has 1 unspecified atom stereocenters. The Bertz CT molecular complexity index is 422. The van der Waals surface area contributed by atoms with Crippen LogP contribution in [0.5, 0.6) is 0 Å². The van der Waals surface area contributed by atoms with Crippen molar-refractivity contribution in [1.82, 2.24) is 4.90 Å². The monoisotopic (exact) mass is 333 g/mol. The summed E-state index contributed by atoms with van der Waals surface area (Å²) in [4.78, 5) is 37.0. The van der Waals surface area contributed by atoms with Crippen molar-refractivity contribution in [3.05, 3.63) is 0 Å². The van der Waals surface area contributed by atoms with Crippen molar-refractivity contribution in [2.45, 2.75) is 44.9 Å². The van der Waals surface area contributed by atoms with E-state index in [2.05, 4.69) is 0 Å². The molecule has 0 saturated carbocycles. The van der Waals surface area contributed by atoms with Crippen LogP contribution in [0.25, 0.3) is 0 Å². The van der Waals surface area contributed by atoms with Crippen LogP contribution < -0.4 is 0 Å². The summed E-state index contributed by atoms with van der Waals surface area (Å²) in [6, 6.07) is -0.0254. The molecular weight excluding hydrogens is 314 g/mol. The molecule has 1 heterocycles. The van der Waals surface area contributed by atoms with E-state index in [4.69, 9.17) is 21.7 Å². The van der Waals surface area contributed by atoms with Crippen LogP contribution in [-0.2, 0) is 23.9 Å². The highest BCUT2D eigenvalue weighted by Crippen LogP contribution is 2.26. The minimum Gasteiger partial charge on any atom is -0.465 e. The molecular formula is C13H19NO5S2. The average molecular weight is 333 g/mol. The predicted molar refractivity (Wildman–Crippen MR) is 82.8 cm³/mol. The molecule has 118 valence electrons. The van der Waals surface area contributed by atoms with Crippen LogP contribution in [0.2, 0.25) is 0 Å². The van der Waals surface area contributed by atoms with Gasteiger partial charge in [-0.25, -0.2) is 0 Å².